The number of hydrogen-bond donors (Lipinski definition) is 2. The summed E-state index contributed by atoms with van der Waals surface area (Å²) in [5.41, 5.74) is 11.9. The normalized spacial score (nSPS) is 19.8. The SMILES string of the molecule is NC(N)=NCC1CCN(c2ccccc2)C1. The van der Waals surface area contributed by atoms with E-state index in [4.69, 9.17) is 11.5 Å². The molecule has 86 valence electrons. The lowest BCUT2D eigenvalue weighted by Crippen LogP contribution is -2.25. The van der Waals surface area contributed by atoms with E-state index in [1.165, 1.54) is 5.69 Å². The molecule has 0 aromatic heterocycles. The fourth-order valence-electron chi connectivity index (χ4n) is 2.09. The Balaban J connectivity index is 1.91. The first kappa shape index (κ1) is 10.8. The molecular weight excluding hydrogens is 200 g/mol. The maximum Gasteiger partial charge on any atom is 0.185 e. The molecule has 1 aromatic rings. The molecule has 1 fully saturated rings. The molecule has 4 heteroatoms. The first-order valence-electron chi connectivity index (χ1n) is 5.61. The van der Waals surface area contributed by atoms with Crippen molar-refractivity contribution in [2.45, 2.75) is 6.42 Å². The summed E-state index contributed by atoms with van der Waals surface area (Å²) >= 11 is 0. The zero-order chi connectivity index (χ0) is 11.4. The van der Waals surface area contributed by atoms with E-state index >= 15 is 0 Å². The summed E-state index contributed by atoms with van der Waals surface area (Å²) < 4.78 is 0. The van der Waals surface area contributed by atoms with Gasteiger partial charge in [0.15, 0.2) is 5.96 Å². The zero-order valence-corrected chi connectivity index (χ0v) is 9.34. The molecule has 0 saturated carbocycles. The van der Waals surface area contributed by atoms with Gasteiger partial charge in [-0.1, -0.05) is 18.2 Å². The van der Waals surface area contributed by atoms with Crippen molar-refractivity contribution in [3.63, 3.8) is 0 Å². The number of nitrogens with two attached hydrogens (primary N) is 2. The highest BCUT2D eigenvalue weighted by molar-refractivity contribution is 5.75. The van der Waals surface area contributed by atoms with Crippen LogP contribution in [0.5, 0.6) is 0 Å². The van der Waals surface area contributed by atoms with E-state index in [1.807, 2.05) is 6.07 Å². The quantitative estimate of drug-likeness (QED) is 0.582. The Bertz CT molecular complexity index is 357. The third-order valence-corrected chi connectivity index (χ3v) is 2.94. The second-order valence-corrected chi connectivity index (χ2v) is 4.20. The summed E-state index contributed by atoms with van der Waals surface area (Å²) in [6, 6.07) is 10.5. The number of anilines is 1. The van der Waals surface area contributed by atoms with Crippen molar-refractivity contribution in [3.05, 3.63) is 30.3 Å². The van der Waals surface area contributed by atoms with Crippen LogP contribution >= 0.6 is 0 Å². The van der Waals surface area contributed by atoms with Crippen LogP contribution in [0.25, 0.3) is 0 Å². The number of nitrogens with zero attached hydrogens (tertiary/aromatic N) is 2. The molecule has 4 nitrogen and oxygen atoms in total. The summed E-state index contributed by atoms with van der Waals surface area (Å²) in [6.45, 7) is 2.88. The molecule has 1 atom stereocenters. The van der Waals surface area contributed by atoms with E-state index in [0.29, 0.717) is 5.92 Å². The van der Waals surface area contributed by atoms with Gasteiger partial charge in [-0.15, -0.1) is 0 Å². The smallest absolute Gasteiger partial charge is 0.185 e. The minimum Gasteiger partial charge on any atom is -0.371 e. The average molecular weight is 218 g/mol. The van der Waals surface area contributed by atoms with E-state index in [1.54, 1.807) is 0 Å². The van der Waals surface area contributed by atoms with Crippen molar-refractivity contribution in [3.8, 4) is 0 Å². The van der Waals surface area contributed by atoms with E-state index in [2.05, 4.69) is 34.2 Å². The van der Waals surface area contributed by atoms with Crippen molar-refractivity contribution in [2.75, 3.05) is 24.5 Å². The van der Waals surface area contributed by atoms with Crippen LogP contribution in [0, 0.1) is 5.92 Å². The maximum absolute atomic E-state index is 5.33. The van der Waals surface area contributed by atoms with Crippen LogP contribution in [0.2, 0.25) is 0 Å². The lowest BCUT2D eigenvalue weighted by Gasteiger charge is -2.18. The van der Waals surface area contributed by atoms with Gasteiger partial charge in [0.2, 0.25) is 0 Å². The van der Waals surface area contributed by atoms with Crippen molar-refractivity contribution in [2.24, 2.45) is 22.4 Å². The zero-order valence-electron chi connectivity index (χ0n) is 9.34. The first-order chi connectivity index (χ1) is 7.75. The minimum atomic E-state index is 0.193. The molecule has 1 aliphatic rings. The third kappa shape index (κ3) is 2.66. The number of hydrogen-bond acceptors (Lipinski definition) is 2. The van der Waals surface area contributed by atoms with Crippen LogP contribution in [-0.2, 0) is 0 Å². The lowest BCUT2D eigenvalue weighted by atomic mass is 10.1. The van der Waals surface area contributed by atoms with Gasteiger partial charge in [-0.25, -0.2) is 0 Å². The predicted molar refractivity (Wildman–Crippen MR) is 67.4 cm³/mol. The summed E-state index contributed by atoms with van der Waals surface area (Å²) in [4.78, 5) is 6.46. The van der Waals surface area contributed by atoms with Gasteiger partial charge < -0.3 is 16.4 Å². The number of aliphatic imine (C=N–C) groups is 1. The summed E-state index contributed by atoms with van der Waals surface area (Å²) in [5, 5.41) is 0. The highest BCUT2D eigenvalue weighted by Gasteiger charge is 2.21. The molecule has 16 heavy (non-hydrogen) atoms. The Morgan fingerprint density at radius 2 is 2.06 bits per heavy atom. The molecule has 1 unspecified atom stereocenters. The summed E-state index contributed by atoms with van der Waals surface area (Å²) in [6.07, 6.45) is 1.16. The van der Waals surface area contributed by atoms with E-state index in [-0.39, 0.29) is 5.96 Å². The Morgan fingerprint density at radius 3 is 2.75 bits per heavy atom. The van der Waals surface area contributed by atoms with Crippen LogP contribution < -0.4 is 16.4 Å². The Hall–Kier alpha value is -1.71. The lowest BCUT2D eigenvalue weighted by molar-refractivity contribution is 0.603. The van der Waals surface area contributed by atoms with Gasteiger partial charge in [-0.2, -0.15) is 0 Å². The standard InChI is InChI=1S/C12H18N4/c13-12(14)15-8-10-6-7-16(9-10)11-4-2-1-3-5-11/h1-5,10H,6-9H2,(H4,13,14,15). The van der Waals surface area contributed by atoms with Crippen LogP contribution in [0.1, 0.15) is 6.42 Å². The Morgan fingerprint density at radius 1 is 1.31 bits per heavy atom. The van der Waals surface area contributed by atoms with Crippen LogP contribution in [-0.4, -0.2) is 25.6 Å². The van der Waals surface area contributed by atoms with Gasteiger partial charge in [0, 0.05) is 25.3 Å². The molecule has 1 aliphatic heterocycles. The van der Waals surface area contributed by atoms with E-state index < -0.39 is 0 Å². The number of guanidine groups is 1. The number of benzene rings is 1. The molecule has 1 heterocycles. The van der Waals surface area contributed by atoms with Crippen LogP contribution in [0.3, 0.4) is 0 Å². The minimum absolute atomic E-state index is 0.193. The van der Waals surface area contributed by atoms with Gasteiger partial charge in [0.25, 0.3) is 0 Å². The maximum atomic E-state index is 5.33. The summed E-state index contributed by atoms with van der Waals surface area (Å²) in [5.74, 6) is 0.764. The average Bonchev–Trinajstić information content (AvgIpc) is 2.76. The first-order valence-corrected chi connectivity index (χ1v) is 5.61. The fourth-order valence-corrected chi connectivity index (χ4v) is 2.09. The van der Waals surface area contributed by atoms with Crippen molar-refractivity contribution >= 4 is 11.6 Å². The molecule has 0 amide bonds. The molecule has 0 aliphatic carbocycles. The second-order valence-electron chi connectivity index (χ2n) is 4.20. The highest BCUT2D eigenvalue weighted by atomic mass is 15.2. The Kier molecular flexibility index (Phi) is 3.29. The monoisotopic (exact) mass is 218 g/mol. The topological polar surface area (TPSA) is 67.6 Å². The molecule has 4 N–H and O–H groups in total. The van der Waals surface area contributed by atoms with Gasteiger partial charge in [-0.3, -0.25) is 4.99 Å². The van der Waals surface area contributed by atoms with E-state index in [9.17, 15) is 0 Å². The molecule has 2 rings (SSSR count). The molecule has 0 radical (unpaired) electrons. The van der Waals surface area contributed by atoms with Crippen LogP contribution in [0.15, 0.2) is 35.3 Å². The third-order valence-electron chi connectivity index (χ3n) is 2.94. The fraction of sp³-hybridized carbons (Fsp3) is 0.417. The Labute approximate surface area is 96.0 Å². The molecule has 0 spiro atoms. The van der Waals surface area contributed by atoms with Crippen molar-refractivity contribution in [1.82, 2.24) is 0 Å². The van der Waals surface area contributed by atoms with Gasteiger partial charge in [0.05, 0.1) is 0 Å². The van der Waals surface area contributed by atoms with Gasteiger partial charge >= 0.3 is 0 Å². The summed E-state index contributed by atoms with van der Waals surface area (Å²) in [7, 11) is 0. The molecule has 1 aromatic carbocycles. The van der Waals surface area contributed by atoms with Crippen molar-refractivity contribution < 1.29 is 0 Å². The predicted octanol–water partition coefficient (Wildman–Crippen LogP) is 0.786. The molecule has 0 bridgehead atoms. The van der Waals surface area contributed by atoms with Gasteiger partial charge in [0.1, 0.15) is 0 Å². The van der Waals surface area contributed by atoms with Gasteiger partial charge in [-0.05, 0) is 24.5 Å². The second kappa shape index (κ2) is 4.88. The molecular formula is C12H18N4. The number of para-hydroxylation sites is 1. The molecule has 1 saturated heterocycles. The van der Waals surface area contributed by atoms with Crippen molar-refractivity contribution in [1.29, 1.82) is 0 Å². The largest absolute Gasteiger partial charge is 0.371 e. The van der Waals surface area contributed by atoms with E-state index in [0.717, 1.165) is 26.1 Å². The number of rotatable bonds is 3. The van der Waals surface area contributed by atoms with Crippen LogP contribution in [0.4, 0.5) is 5.69 Å². The highest BCUT2D eigenvalue weighted by Crippen LogP contribution is 2.23.